The second kappa shape index (κ2) is 5.85. The zero-order valence-corrected chi connectivity index (χ0v) is 12.6. The molecule has 0 radical (unpaired) electrons. The van der Waals surface area contributed by atoms with Crippen molar-refractivity contribution in [3.8, 4) is 0 Å². The summed E-state index contributed by atoms with van der Waals surface area (Å²) in [5, 5.41) is 1.24. The second-order valence-corrected chi connectivity index (χ2v) is 5.86. The molecule has 1 aliphatic rings. The van der Waals surface area contributed by atoms with Crippen molar-refractivity contribution in [2.45, 2.75) is 6.54 Å². The van der Waals surface area contributed by atoms with Gasteiger partial charge in [0.15, 0.2) is 0 Å². The lowest BCUT2D eigenvalue weighted by Gasteiger charge is -2.36. The lowest BCUT2D eigenvalue weighted by Crippen LogP contribution is -2.45. The summed E-state index contributed by atoms with van der Waals surface area (Å²) < 4.78 is 5.64. The highest BCUT2D eigenvalue weighted by Gasteiger charge is 2.18. The van der Waals surface area contributed by atoms with Crippen molar-refractivity contribution in [1.82, 2.24) is 4.90 Å². The molecule has 0 aliphatic carbocycles. The monoisotopic (exact) mass is 292 g/mol. The number of rotatable bonds is 3. The molecule has 1 aliphatic heterocycles. The van der Waals surface area contributed by atoms with Gasteiger partial charge in [0.05, 0.1) is 6.26 Å². The second-order valence-electron chi connectivity index (χ2n) is 5.86. The van der Waals surface area contributed by atoms with Crippen LogP contribution < -0.4 is 4.90 Å². The van der Waals surface area contributed by atoms with Crippen LogP contribution in [0.2, 0.25) is 0 Å². The molecule has 2 heterocycles. The number of furan rings is 1. The van der Waals surface area contributed by atoms with Crippen LogP contribution in [0.25, 0.3) is 11.0 Å². The van der Waals surface area contributed by atoms with E-state index in [1.165, 1.54) is 16.6 Å². The zero-order chi connectivity index (χ0) is 14.8. The lowest BCUT2D eigenvalue weighted by atomic mass is 10.1. The van der Waals surface area contributed by atoms with E-state index in [2.05, 4.69) is 52.3 Å². The first-order valence-corrected chi connectivity index (χ1v) is 7.87. The molecule has 3 nitrogen and oxygen atoms in total. The number of benzene rings is 2. The van der Waals surface area contributed by atoms with E-state index in [0.717, 1.165) is 38.3 Å². The Bertz CT molecular complexity index is 742. The molecule has 4 rings (SSSR count). The number of anilines is 1. The first-order valence-electron chi connectivity index (χ1n) is 7.87. The highest BCUT2D eigenvalue weighted by molar-refractivity contribution is 5.80. The maximum Gasteiger partial charge on any atom is 0.134 e. The Labute approximate surface area is 130 Å². The van der Waals surface area contributed by atoms with Crippen LogP contribution in [0.3, 0.4) is 0 Å². The van der Waals surface area contributed by atoms with Crippen LogP contribution in [0, 0.1) is 0 Å². The molecule has 112 valence electrons. The van der Waals surface area contributed by atoms with Gasteiger partial charge in [0.1, 0.15) is 5.58 Å². The Balaban J connectivity index is 1.42. The maximum absolute atomic E-state index is 5.64. The summed E-state index contributed by atoms with van der Waals surface area (Å²) >= 11 is 0. The van der Waals surface area contributed by atoms with E-state index in [1.807, 2.05) is 18.4 Å². The van der Waals surface area contributed by atoms with Crippen LogP contribution in [0.1, 0.15) is 5.56 Å². The SMILES string of the molecule is c1ccc(N2CCN(Cc3coc4ccccc34)CC2)cc1. The van der Waals surface area contributed by atoms with Gasteiger partial charge in [0.25, 0.3) is 0 Å². The van der Waals surface area contributed by atoms with Gasteiger partial charge in [0.2, 0.25) is 0 Å². The molecule has 0 spiro atoms. The normalized spacial score (nSPS) is 16.3. The van der Waals surface area contributed by atoms with E-state index in [9.17, 15) is 0 Å². The van der Waals surface area contributed by atoms with Crippen molar-refractivity contribution in [2.24, 2.45) is 0 Å². The predicted molar refractivity (Wildman–Crippen MR) is 90.1 cm³/mol. The molecule has 3 heteroatoms. The third-order valence-corrected chi connectivity index (χ3v) is 4.45. The fraction of sp³-hybridized carbons (Fsp3) is 0.263. The molecule has 0 bridgehead atoms. The molecule has 0 N–H and O–H groups in total. The Morgan fingerprint density at radius 1 is 0.818 bits per heavy atom. The molecule has 0 saturated carbocycles. The summed E-state index contributed by atoms with van der Waals surface area (Å²) in [6, 6.07) is 19.0. The van der Waals surface area contributed by atoms with E-state index < -0.39 is 0 Å². The van der Waals surface area contributed by atoms with Crippen LogP contribution in [0.5, 0.6) is 0 Å². The quantitative estimate of drug-likeness (QED) is 0.733. The molecule has 3 aromatic rings. The smallest absolute Gasteiger partial charge is 0.134 e. The highest BCUT2D eigenvalue weighted by Crippen LogP contribution is 2.23. The molecule has 2 aromatic carbocycles. The van der Waals surface area contributed by atoms with Gasteiger partial charge in [-0.15, -0.1) is 0 Å². The van der Waals surface area contributed by atoms with Crippen molar-refractivity contribution < 1.29 is 4.42 Å². The number of hydrogen-bond donors (Lipinski definition) is 0. The average molecular weight is 292 g/mol. The molecule has 0 atom stereocenters. The van der Waals surface area contributed by atoms with Crippen molar-refractivity contribution >= 4 is 16.7 Å². The minimum Gasteiger partial charge on any atom is -0.464 e. The summed E-state index contributed by atoms with van der Waals surface area (Å²) in [6.45, 7) is 5.32. The van der Waals surface area contributed by atoms with Gasteiger partial charge < -0.3 is 9.32 Å². The molecule has 1 fully saturated rings. The molecule has 0 unspecified atom stereocenters. The third kappa shape index (κ3) is 2.60. The van der Waals surface area contributed by atoms with E-state index in [4.69, 9.17) is 4.42 Å². The number of para-hydroxylation sites is 2. The van der Waals surface area contributed by atoms with E-state index in [-0.39, 0.29) is 0 Å². The average Bonchev–Trinajstić information content (AvgIpc) is 3.00. The van der Waals surface area contributed by atoms with E-state index >= 15 is 0 Å². The largest absolute Gasteiger partial charge is 0.464 e. The molecule has 22 heavy (non-hydrogen) atoms. The van der Waals surface area contributed by atoms with Gasteiger partial charge in [-0.05, 0) is 18.2 Å². The summed E-state index contributed by atoms with van der Waals surface area (Å²) in [4.78, 5) is 4.97. The predicted octanol–water partition coefficient (Wildman–Crippen LogP) is 3.76. The minimum atomic E-state index is 0.972. The van der Waals surface area contributed by atoms with Gasteiger partial charge >= 0.3 is 0 Å². The number of fused-ring (bicyclic) bond motifs is 1. The molecular weight excluding hydrogens is 272 g/mol. The third-order valence-electron chi connectivity index (χ3n) is 4.45. The van der Waals surface area contributed by atoms with Gasteiger partial charge in [-0.1, -0.05) is 36.4 Å². The first kappa shape index (κ1) is 13.4. The minimum absolute atomic E-state index is 0.972. The summed E-state index contributed by atoms with van der Waals surface area (Å²) in [7, 11) is 0. The van der Waals surface area contributed by atoms with E-state index in [1.54, 1.807) is 0 Å². The first-order chi connectivity index (χ1) is 10.9. The molecule has 1 aromatic heterocycles. The fourth-order valence-corrected chi connectivity index (χ4v) is 3.20. The summed E-state index contributed by atoms with van der Waals surface area (Å²) in [5.41, 5.74) is 3.61. The van der Waals surface area contributed by atoms with Crippen LogP contribution in [0.4, 0.5) is 5.69 Å². The molecule has 0 amide bonds. The van der Waals surface area contributed by atoms with Gasteiger partial charge in [-0.25, -0.2) is 0 Å². The van der Waals surface area contributed by atoms with Crippen LogP contribution in [-0.4, -0.2) is 31.1 Å². The summed E-state index contributed by atoms with van der Waals surface area (Å²) in [6.07, 6.45) is 1.91. The molecular formula is C19H20N2O. The Kier molecular flexibility index (Phi) is 3.57. The number of hydrogen-bond acceptors (Lipinski definition) is 3. The van der Waals surface area contributed by atoms with Gasteiger partial charge in [0, 0.05) is 49.4 Å². The topological polar surface area (TPSA) is 19.6 Å². The Hall–Kier alpha value is -2.26. The zero-order valence-electron chi connectivity index (χ0n) is 12.6. The Morgan fingerprint density at radius 3 is 2.36 bits per heavy atom. The van der Waals surface area contributed by atoms with Crippen molar-refractivity contribution in [3.63, 3.8) is 0 Å². The van der Waals surface area contributed by atoms with Gasteiger partial charge in [-0.3, -0.25) is 4.90 Å². The van der Waals surface area contributed by atoms with Crippen molar-refractivity contribution in [1.29, 1.82) is 0 Å². The van der Waals surface area contributed by atoms with Crippen LogP contribution >= 0.6 is 0 Å². The Morgan fingerprint density at radius 2 is 1.55 bits per heavy atom. The maximum atomic E-state index is 5.64. The summed E-state index contributed by atoms with van der Waals surface area (Å²) in [5.74, 6) is 0. The van der Waals surface area contributed by atoms with Gasteiger partial charge in [-0.2, -0.15) is 0 Å². The lowest BCUT2D eigenvalue weighted by molar-refractivity contribution is 0.250. The van der Waals surface area contributed by atoms with Crippen LogP contribution in [-0.2, 0) is 6.54 Å². The molecule has 1 saturated heterocycles. The number of nitrogens with zero attached hydrogens (tertiary/aromatic N) is 2. The fourth-order valence-electron chi connectivity index (χ4n) is 3.20. The standard InChI is InChI=1S/C19H20N2O/c1-2-6-17(7-3-1)21-12-10-20(11-13-21)14-16-15-22-19-9-5-4-8-18(16)19/h1-9,15H,10-14H2. The highest BCUT2D eigenvalue weighted by atomic mass is 16.3. The van der Waals surface area contributed by atoms with Crippen molar-refractivity contribution in [2.75, 3.05) is 31.1 Å². The van der Waals surface area contributed by atoms with Crippen LogP contribution in [0.15, 0.2) is 65.3 Å². The van der Waals surface area contributed by atoms with Crippen molar-refractivity contribution in [3.05, 3.63) is 66.4 Å². The van der Waals surface area contributed by atoms with E-state index in [0.29, 0.717) is 0 Å². The number of piperazine rings is 1.